The molecule has 0 aliphatic carbocycles. The van der Waals surface area contributed by atoms with Gasteiger partial charge in [-0.2, -0.15) is 0 Å². The highest BCUT2D eigenvalue weighted by Crippen LogP contribution is 2.14. The topological polar surface area (TPSA) is 29.7 Å². The number of pyridine rings is 1. The smallest absolute Gasteiger partial charge is 0.136 e. The number of aromatic nitrogens is 2. The van der Waals surface area contributed by atoms with Crippen LogP contribution in [0.4, 0.5) is 0 Å². The van der Waals surface area contributed by atoms with Gasteiger partial charge in [-0.3, -0.25) is 4.99 Å². The number of allylic oxidation sites excluding steroid dienone is 5. The minimum absolute atomic E-state index is 0.580. The van der Waals surface area contributed by atoms with Gasteiger partial charge in [-0.25, -0.2) is 4.98 Å². The van der Waals surface area contributed by atoms with Gasteiger partial charge >= 0.3 is 0 Å². The van der Waals surface area contributed by atoms with Crippen LogP contribution >= 0.6 is 0 Å². The minimum Gasteiger partial charge on any atom is -0.307 e. The Morgan fingerprint density at radius 3 is 2.44 bits per heavy atom. The van der Waals surface area contributed by atoms with Gasteiger partial charge in [-0.1, -0.05) is 65.0 Å². The molecule has 0 spiro atoms. The van der Waals surface area contributed by atoms with Crippen LogP contribution in [0.5, 0.6) is 0 Å². The van der Waals surface area contributed by atoms with Gasteiger partial charge in [0.25, 0.3) is 0 Å². The molecule has 0 aromatic carbocycles. The van der Waals surface area contributed by atoms with Crippen molar-refractivity contribution in [1.29, 1.82) is 0 Å². The van der Waals surface area contributed by atoms with E-state index in [1.165, 1.54) is 11.1 Å². The van der Waals surface area contributed by atoms with Crippen LogP contribution in [0.1, 0.15) is 73.3 Å². The lowest BCUT2D eigenvalue weighted by atomic mass is 10.1. The molecule has 0 unspecified atom stereocenters. The molecule has 2 rings (SSSR count). The summed E-state index contributed by atoms with van der Waals surface area (Å²) in [5, 5.41) is 0. The molecule has 2 heterocycles. The predicted molar refractivity (Wildman–Crippen MR) is 122 cm³/mol. The van der Waals surface area contributed by atoms with E-state index in [4.69, 9.17) is 0 Å². The number of nitrogens with zero attached hydrogens (tertiary/aromatic N) is 3. The maximum absolute atomic E-state index is 4.35. The molecule has 3 heteroatoms. The molecule has 148 valence electrons. The Labute approximate surface area is 166 Å². The highest BCUT2D eigenvalue weighted by atomic mass is 15.0. The van der Waals surface area contributed by atoms with E-state index in [1.807, 2.05) is 64.5 Å². The molecule has 0 radical (unpaired) electrons. The lowest BCUT2D eigenvalue weighted by Crippen LogP contribution is -1.96. The zero-order valence-electron chi connectivity index (χ0n) is 18.4. The largest absolute Gasteiger partial charge is 0.307 e. The highest BCUT2D eigenvalue weighted by molar-refractivity contribution is 6.00. The van der Waals surface area contributed by atoms with Crippen LogP contribution in [0.25, 0.3) is 5.65 Å². The number of aliphatic imine (C=N–C) groups is 1. The van der Waals surface area contributed by atoms with Crippen LogP contribution in [-0.4, -0.2) is 15.1 Å². The fraction of sp³-hybridized carbons (Fsp3) is 0.417. The van der Waals surface area contributed by atoms with E-state index in [9.17, 15) is 0 Å². The van der Waals surface area contributed by atoms with E-state index in [2.05, 4.69) is 66.5 Å². The van der Waals surface area contributed by atoms with Crippen molar-refractivity contribution in [2.45, 2.75) is 67.7 Å². The monoisotopic (exact) mass is 367 g/mol. The lowest BCUT2D eigenvalue weighted by Gasteiger charge is -2.04. The van der Waals surface area contributed by atoms with Gasteiger partial charge < -0.3 is 4.40 Å². The second-order valence-corrected chi connectivity index (χ2v) is 6.10. The molecule has 0 bridgehead atoms. The third-order valence-corrected chi connectivity index (χ3v) is 3.79. The van der Waals surface area contributed by atoms with Gasteiger partial charge in [0, 0.05) is 30.5 Å². The van der Waals surface area contributed by atoms with E-state index in [-0.39, 0.29) is 0 Å². The quantitative estimate of drug-likeness (QED) is 0.400. The first kappa shape index (κ1) is 24.6. The van der Waals surface area contributed by atoms with Crippen LogP contribution in [0.15, 0.2) is 71.8 Å². The summed E-state index contributed by atoms with van der Waals surface area (Å²) in [5.74, 6) is 0.580. The Balaban J connectivity index is 0.000000459. The zero-order chi connectivity index (χ0) is 20.7. The number of hydrogen-bond donors (Lipinski definition) is 0. The molecule has 0 atom stereocenters. The molecular formula is C24H37N3. The van der Waals surface area contributed by atoms with Crippen molar-refractivity contribution in [3.63, 3.8) is 0 Å². The third-order valence-electron chi connectivity index (χ3n) is 3.79. The normalized spacial score (nSPS) is 12.3. The Hall–Kier alpha value is -2.42. The minimum atomic E-state index is 0.580. The molecule has 0 saturated heterocycles. The lowest BCUT2D eigenvalue weighted by molar-refractivity contribution is 0.854. The van der Waals surface area contributed by atoms with Crippen LogP contribution < -0.4 is 0 Å². The van der Waals surface area contributed by atoms with Crippen molar-refractivity contribution < 1.29 is 0 Å². The highest BCUT2D eigenvalue weighted by Gasteiger charge is 1.99. The van der Waals surface area contributed by atoms with E-state index in [1.54, 1.807) is 0 Å². The van der Waals surface area contributed by atoms with Gasteiger partial charge in [-0.15, -0.1) is 0 Å². The first-order valence-corrected chi connectivity index (χ1v) is 9.93. The first-order valence-electron chi connectivity index (χ1n) is 9.93. The fourth-order valence-corrected chi connectivity index (χ4v) is 2.25. The van der Waals surface area contributed by atoms with Crippen molar-refractivity contribution in [1.82, 2.24) is 9.38 Å². The summed E-state index contributed by atoms with van der Waals surface area (Å²) in [6.07, 6.45) is 16.8. The number of hydrogen-bond acceptors (Lipinski definition) is 2. The zero-order valence-corrected chi connectivity index (χ0v) is 18.4. The molecular weight excluding hydrogens is 330 g/mol. The van der Waals surface area contributed by atoms with Crippen molar-refractivity contribution in [2.24, 2.45) is 4.99 Å². The Kier molecular flexibility index (Phi) is 13.4. The molecule has 2 aromatic rings. The van der Waals surface area contributed by atoms with Gasteiger partial charge in [0.1, 0.15) is 5.65 Å². The molecule has 27 heavy (non-hydrogen) atoms. The first-order chi connectivity index (χ1) is 13.0. The Morgan fingerprint density at radius 2 is 1.89 bits per heavy atom. The summed E-state index contributed by atoms with van der Waals surface area (Å²) in [5.41, 5.74) is 4.75. The molecule has 0 N–H and O–H groups in total. The summed E-state index contributed by atoms with van der Waals surface area (Å²) >= 11 is 0. The maximum atomic E-state index is 4.35. The number of imidazole rings is 1. The average Bonchev–Trinajstić information content (AvgIpc) is 3.16. The standard InChI is InChI=1S/C12H19N.C10H12N2.C2H6/c1-5-8-9-11(4)12(7-3)13-10-6-2;1-8(2)9-3-4-10-11-5-6-12(10)7-9;1-2/h5-6,8-10H,7H2,1-4H3;3-8H,1-2H3;1-2H3/b8-5-,10-6-,11-9-,13-12-;;. The third kappa shape index (κ3) is 9.18. The van der Waals surface area contributed by atoms with Crippen LogP contribution in [0, 0.1) is 0 Å². The SMILES string of the molecule is CC.CC(C)c1ccc2nccn2c1.C\C=C/C=C(C)\C(CC)=N/C=C\C. The Bertz CT molecular complexity index is 759. The molecule has 0 saturated carbocycles. The second-order valence-electron chi connectivity index (χ2n) is 6.10. The van der Waals surface area contributed by atoms with E-state index in [0.717, 1.165) is 17.8 Å². The van der Waals surface area contributed by atoms with Gasteiger partial charge in [0.05, 0.1) is 0 Å². The maximum Gasteiger partial charge on any atom is 0.136 e. The summed E-state index contributed by atoms with van der Waals surface area (Å²) in [6, 6.07) is 4.18. The van der Waals surface area contributed by atoms with E-state index < -0.39 is 0 Å². The molecule has 2 aromatic heterocycles. The number of rotatable bonds is 5. The van der Waals surface area contributed by atoms with Crippen LogP contribution in [-0.2, 0) is 0 Å². The van der Waals surface area contributed by atoms with E-state index >= 15 is 0 Å². The van der Waals surface area contributed by atoms with Crippen LogP contribution in [0.2, 0.25) is 0 Å². The molecule has 0 aliphatic rings. The number of fused-ring (bicyclic) bond motifs is 1. The predicted octanol–water partition coefficient (Wildman–Crippen LogP) is 7.38. The van der Waals surface area contributed by atoms with Crippen molar-refractivity contribution >= 4 is 11.4 Å². The summed E-state index contributed by atoms with van der Waals surface area (Å²) < 4.78 is 2.05. The second kappa shape index (κ2) is 14.7. The van der Waals surface area contributed by atoms with Gasteiger partial charge in [-0.05, 0) is 50.3 Å². The van der Waals surface area contributed by atoms with Crippen molar-refractivity contribution in [2.75, 3.05) is 0 Å². The van der Waals surface area contributed by atoms with Gasteiger partial charge in [0.2, 0.25) is 0 Å². The van der Waals surface area contributed by atoms with Gasteiger partial charge in [0.15, 0.2) is 0 Å². The Morgan fingerprint density at radius 1 is 1.19 bits per heavy atom. The average molecular weight is 368 g/mol. The van der Waals surface area contributed by atoms with E-state index in [0.29, 0.717) is 5.92 Å². The summed E-state index contributed by atoms with van der Waals surface area (Å²) in [4.78, 5) is 8.53. The molecule has 3 nitrogen and oxygen atoms in total. The fourth-order valence-electron chi connectivity index (χ4n) is 2.25. The molecule has 0 aliphatic heterocycles. The van der Waals surface area contributed by atoms with Crippen molar-refractivity contribution in [3.8, 4) is 0 Å². The van der Waals surface area contributed by atoms with Crippen LogP contribution in [0.3, 0.4) is 0 Å². The molecule has 0 fully saturated rings. The summed E-state index contributed by atoms with van der Waals surface area (Å²) in [7, 11) is 0. The van der Waals surface area contributed by atoms with Crippen molar-refractivity contribution in [3.05, 3.63) is 72.4 Å². The molecule has 0 amide bonds. The summed E-state index contributed by atoms with van der Waals surface area (Å²) in [6.45, 7) is 16.6.